The maximum atomic E-state index is 12.4. The molecule has 1 heterocycles. The molecule has 1 fully saturated rings. The average molecular weight is 339 g/mol. The molecule has 0 bridgehead atoms. The minimum Gasteiger partial charge on any atom is -0.492 e. The number of rotatable bonds is 5. The lowest BCUT2D eigenvalue weighted by Crippen LogP contribution is -2.51. The molecule has 2 aromatic rings. The van der Waals surface area contributed by atoms with E-state index in [1.165, 1.54) is 0 Å². The van der Waals surface area contributed by atoms with Crippen molar-refractivity contribution in [1.82, 2.24) is 10.2 Å². The van der Waals surface area contributed by atoms with Crippen LogP contribution in [-0.4, -0.2) is 43.7 Å². The Balaban J connectivity index is 1.52. The number of nitrogens with one attached hydrogen (secondary N) is 1. The van der Waals surface area contributed by atoms with Gasteiger partial charge in [-0.25, -0.2) is 4.79 Å². The smallest absolute Gasteiger partial charge is 0.317 e. The number of piperazine rings is 1. The van der Waals surface area contributed by atoms with Gasteiger partial charge >= 0.3 is 6.03 Å². The van der Waals surface area contributed by atoms with Crippen LogP contribution in [0, 0.1) is 0 Å². The Morgan fingerprint density at radius 3 is 2.40 bits per heavy atom. The molecule has 5 nitrogen and oxygen atoms in total. The van der Waals surface area contributed by atoms with Crippen molar-refractivity contribution in [3.63, 3.8) is 0 Å². The molecule has 1 saturated heterocycles. The van der Waals surface area contributed by atoms with E-state index in [1.54, 1.807) is 0 Å². The first-order valence-corrected chi connectivity index (χ1v) is 8.81. The summed E-state index contributed by atoms with van der Waals surface area (Å²) in [4.78, 5) is 16.5. The van der Waals surface area contributed by atoms with Crippen molar-refractivity contribution in [1.29, 1.82) is 0 Å². The summed E-state index contributed by atoms with van der Waals surface area (Å²) in [5.74, 6) is 0.909. The lowest BCUT2D eigenvalue weighted by atomic mass is 10.2. The number of para-hydroxylation sites is 2. The number of hydrogen-bond donors (Lipinski definition) is 1. The molecule has 5 heteroatoms. The van der Waals surface area contributed by atoms with Gasteiger partial charge in [0, 0.05) is 32.7 Å². The van der Waals surface area contributed by atoms with Crippen molar-refractivity contribution >= 4 is 11.7 Å². The van der Waals surface area contributed by atoms with Gasteiger partial charge in [-0.2, -0.15) is 0 Å². The number of carbonyl (C=O) groups excluding carboxylic acids is 1. The van der Waals surface area contributed by atoms with Crippen molar-refractivity contribution < 1.29 is 9.53 Å². The Morgan fingerprint density at radius 2 is 1.68 bits per heavy atom. The topological polar surface area (TPSA) is 44.8 Å². The first-order valence-electron chi connectivity index (χ1n) is 8.81. The van der Waals surface area contributed by atoms with E-state index in [0.29, 0.717) is 26.2 Å². The quantitative estimate of drug-likeness (QED) is 0.910. The molecule has 3 rings (SSSR count). The SMILES string of the molecule is CCOc1ccccc1N1CCN(C(=O)NCc2ccccc2)CC1. The van der Waals surface area contributed by atoms with Crippen molar-refractivity contribution in [2.24, 2.45) is 0 Å². The van der Waals surface area contributed by atoms with Gasteiger partial charge in [-0.1, -0.05) is 42.5 Å². The van der Waals surface area contributed by atoms with E-state index in [1.807, 2.05) is 60.4 Å². The molecule has 0 saturated carbocycles. The summed E-state index contributed by atoms with van der Waals surface area (Å²) >= 11 is 0. The number of anilines is 1. The summed E-state index contributed by atoms with van der Waals surface area (Å²) in [6, 6.07) is 18.1. The molecule has 0 radical (unpaired) electrons. The molecule has 0 unspecified atom stereocenters. The van der Waals surface area contributed by atoms with Gasteiger partial charge in [0.1, 0.15) is 5.75 Å². The van der Waals surface area contributed by atoms with Crippen LogP contribution in [0.5, 0.6) is 5.75 Å². The van der Waals surface area contributed by atoms with Crippen molar-refractivity contribution in [3.8, 4) is 5.75 Å². The molecule has 0 aromatic heterocycles. The molecular formula is C20H25N3O2. The minimum absolute atomic E-state index is 0.00148. The Hall–Kier alpha value is -2.69. The van der Waals surface area contributed by atoms with Crippen LogP contribution in [0.3, 0.4) is 0 Å². The summed E-state index contributed by atoms with van der Waals surface area (Å²) in [6.45, 7) is 6.24. The van der Waals surface area contributed by atoms with Gasteiger partial charge in [0.25, 0.3) is 0 Å². The average Bonchev–Trinajstić information content (AvgIpc) is 2.68. The molecule has 2 amide bonds. The molecule has 0 aliphatic carbocycles. The van der Waals surface area contributed by atoms with Crippen molar-refractivity contribution in [2.75, 3.05) is 37.7 Å². The summed E-state index contributed by atoms with van der Waals surface area (Å²) in [5.41, 5.74) is 2.22. The van der Waals surface area contributed by atoms with Gasteiger partial charge < -0.3 is 19.9 Å². The molecule has 1 aliphatic heterocycles. The van der Waals surface area contributed by atoms with Gasteiger partial charge in [-0.3, -0.25) is 0 Å². The number of hydrogen-bond acceptors (Lipinski definition) is 3. The number of ether oxygens (including phenoxy) is 1. The van der Waals surface area contributed by atoms with Crippen molar-refractivity contribution in [3.05, 3.63) is 60.2 Å². The second kappa shape index (κ2) is 8.42. The fraction of sp³-hybridized carbons (Fsp3) is 0.350. The first kappa shape index (κ1) is 17.1. The van der Waals surface area contributed by atoms with Gasteiger partial charge in [0.05, 0.1) is 12.3 Å². The fourth-order valence-electron chi connectivity index (χ4n) is 3.03. The fourth-order valence-corrected chi connectivity index (χ4v) is 3.03. The lowest BCUT2D eigenvalue weighted by Gasteiger charge is -2.36. The van der Waals surface area contributed by atoms with Crippen LogP contribution in [0.15, 0.2) is 54.6 Å². The van der Waals surface area contributed by atoms with E-state index in [0.717, 1.165) is 30.1 Å². The molecule has 2 aromatic carbocycles. The van der Waals surface area contributed by atoms with Crippen LogP contribution in [-0.2, 0) is 6.54 Å². The van der Waals surface area contributed by atoms with E-state index in [2.05, 4.69) is 16.3 Å². The molecule has 1 N–H and O–H groups in total. The molecule has 1 aliphatic rings. The van der Waals surface area contributed by atoms with Crippen LogP contribution in [0.4, 0.5) is 10.5 Å². The highest BCUT2D eigenvalue weighted by Gasteiger charge is 2.22. The highest BCUT2D eigenvalue weighted by molar-refractivity contribution is 5.74. The standard InChI is InChI=1S/C20H25N3O2/c1-2-25-19-11-7-6-10-18(19)22-12-14-23(15-13-22)20(24)21-16-17-8-4-3-5-9-17/h3-11H,2,12-16H2,1H3,(H,21,24). The predicted molar refractivity (Wildman–Crippen MR) is 100 cm³/mol. The second-order valence-corrected chi connectivity index (χ2v) is 6.02. The third kappa shape index (κ3) is 4.44. The number of nitrogens with zero attached hydrogens (tertiary/aromatic N) is 2. The molecule has 0 spiro atoms. The largest absolute Gasteiger partial charge is 0.492 e. The highest BCUT2D eigenvalue weighted by Crippen LogP contribution is 2.28. The number of amides is 2. The van der Waals surface area contributed by atoms with Crippen LogP contribution in [0.2, 0.25) is 0 Å². The monoisotopic (exact) mass is 339 g/mol. The van der Waals surface area contributed by atoms with E-state index in [4.69, 9.17) is 4.74 Å². The summed E-state index contributed by atoms with van der Waals surface area (Å²) in [6.07, 6.45) is 0. The summed E-state index contributed by atoms with van der Waals surface area (Å²) in [7, 11) is 0. The number of benzene rings is 2. The molecule has 25 heavy (non-hydrogen) atoms. The third-order valence-corrected chi connectivity index (χ3v) is 4.36. The number of urea groups is 1. The molecule has 0 atom stereocenters. The van der Waals surface area contributed by atoms with Crippen LogP contribution < -0.4 is 15.0 Å². The maximum Gasteiger partial charge on any atom is 0.317 e. The van der Waals surface area contributed by atoms with Crippen LogP contribution >= 0.6 is 0 Å². The zero-order valence-corrected chi connectivity index (χ0v) is 14.6. The zero-order chi connectivity index (χ0) is 17.5. The predicted octanol–water partition coefficient (Wildman–Crippen LogP) is 3.12. The zero-order valence-electron chi connectivity index (χ0n) is 14.6. The summed E-state index contributed by atoms with van der Waals surface area (Å²) in [5, 5.41) is 3.00. The van der Waals surface area contributed by atoms with E-state index < -0.39 is 0 Å². The van der Waals surface area contributed by atoms with E-state index in [-0.39, 0.29) is 6.03 Å². The van der Waals surface area contributed by atoms with Crippen molar-refractivity contribution in [2.45, 2.75) is 13.5 Å². The minimum atomic E-state index is 0.00148. The molecule has 132 valence electrons. The normalized spacial score (nSPS) is 14.3. The molecular weight excluding hydrogens is 314 g/mol. The Kier molecular flexibility index (Phi) is 5.77. The Morgan fingerprint density at radius 1 is 1.00 bits per heavy atom. The van der Waals surface area contributed by atoms with E-state index >= 15 is 0 Å². The Labute approximate surface area is 149 Å². The lowest BCUT2D eigenvalue weighted by molar-refractivity contribution is 0.194. The first-order chi connectivity index (χ1) is 12.3. The van der Waals surface area contributed by atoms with Crippen LogP contribution in [0.25, 0.3) is 0 Å². The second-order valence-electron chi connectivity index (χ2n) is 6.02. The van der Waals surface area contributed by atoms with E-state index in [9.17, 15) is 4.79 Å². The van der Waals surface area contributed by atoms with Gasteiger partial charge in [-0.05, 0) is 24.6 Å². The highest BCUT2D eigenvalue weighted by atomic mass is 16.5. The Bertz CT molecular complexity index is 682. The third-order valence-electron chi connectivity index (χ3n) is 4.36. The van der Waals surface area contributed by atoms with Crippen LogP contribution in [0.1, 0.15) is 12.5 Å². The van der Waals surface area contributed by atoms with Gasteiger partial charge in [0.2, 0.25) is 0 Å². The van der Waals surface area contributed by atoms with Gasteiger partial charge in [0.15, 0.2) is 0 Å². The summed E-state index contributed by atoms with van der Waals surface area (Å²) < 4.78 is 5.72. The maximum absolute atomic E-state index is 12.4. The van der Waals surface area contributed by atoms with Gasteiger partial charge in [-0.15, -0.1) is 0 Å². The number of carbonyl (C=O) groups is 1.